The van der Waals surface area contributed by atoms with E-state index >= 15 is 0 Å². The number of nitrogens with zero attached hydrogens (tertiary/aromatic N) is 1. The minimum absolute atomic E-state index is 0.0364. The standard InChI is InChI=1S/C30H48ClN3O3/c1-22(2)17-26-21-37-16-7-5-6-11-30(29(36)33-27(18-23(3)4)28(35)32-26)12-14-34(15-13-30)20-24-9-8-10-25(31)19-24/h8-10,19,22-23,26-27H,5-7,11-18,20-21H2,1-4H3,(H,32,35)(H,33,36)/t26-,27-/m0/s1. The van der Waals surface area contributed by atoms with Crippen LogP contribution in [0.25, 0.3) is 0 Å². The molecule has 0 unspecified atom stereocenters. The van der Waals surface area contributed by atoms with Crippen LogP contribution in [0.15, 0.2) is 24.3 Å². The quantitative estimate of drug-likeness (QED) is 0.501. The van der Waals surface area contributed by atoms with E-state index in [1.807, 2.05) is 18.2 Å². The lowest BCUT2D eigenvalue weighted by Crippen LogP contribution is -2.56. The number of carbonyl (C=O) groups excluding carboxylic acids is 2. The van der Waals surface area contributed by atoms with Gasteiger partial charge in [0, 0.05) is 18.2 Å². The van der Waals surface area contributed by atoms with Crippen molar-refractivity contribution in [2.75, 3.05) is 26.3 Å². The zero-order valence-corrected chi connectivity index (χ0v) is 24.1. The molecule has 3 rings (SSSR count). The van der Waals surface area contributed by atoms with Crippen molar-refractivity contribution < 1.29 is 14.3 Å². The highest BCUT2D eigenvalue weighted by Crippen LogP contribution is 2.38. The molecule has 208 valence electrons. The molecule has 2 N–H and O–H groups in total. The number of rotatable bonds is 6. The maximum absolute atomic E-state index is 13.9. The molecule has 0 aliphatic carbocycles. The summed E-state index contributed by atoms with van der Waals surface area (Å²) in [5.74, 6) is 0.725. The third-order valence-corrected chi connectivity index (χ3v) is 8.02. The van der Waals surface area contributed by atoms with Crippen LogP contribution in [-0.4, -0.2) is 55.1 Å². The predicted molar refractivity (Wildman–Crippen MR) is 150 cm³/mol. The van der Waals surface area contributed by atoms with Gasteiger partial charge in [0.15, 0.2) is 0 Å². The lowest BCUT2D eigenvalue weighted by molar-refractivity contribution is -0.139. The van der Waals surface area contributed by atoms with Gasteiger partial charge in [-0.25, -0.2) is 0 Å². The molecule has 2 amide bonds. The number of hydrogen-bond donors (Lipinski definition) is 2. The number of likely N-dealkylation sites (tertiary alicyclic amines) is 1. The molecule has 2 atom stereocenters. The van der Waals surface area contributed by atoms with Crippen molar-refractivity contribution in [3.05, 3.63) is 34.9 Å². The van der Waals surface area contributed by atoms with Gasteiger partial charge in [0.2, 0.25) is 11.8 Å². The molecule has 2 fully saturated rings. The summed E-state index contributed by atoms with van der Waals surface area (Å²) in [4.78, 5) is 29.7. The molecule has 0 bridgehead atoms. The van der Waals surface area contributed by atoms with Gasteiger partial charge in [0.25, 0.3) is 0 Å². The zero-order chi connectivity index (χ0) is 26.8. The van der Waals surface area contributed by atoms with E-state index in [1.54, 1.807) is 0 Å². The second-order valence-electron chi connectivity index (χ2n) is 12.1. The topological polar surface area (TPSA) is 70.7 Å². The first kappa shape index (κ1) is 29.9. The Hall–Kier alpha value is -1.63. The van der Waals surface area contributed by atoms with E-state index in [4.69, 9.17) is 16.3 Å². The van der Waals surface area contributed by atoms with Gasteiger partial charge < -0.3 is 15.4 Å². The number of amides is 2. The molecule has 2 aliphatic heterocycles. The number of ether oxygens (including phenoxy) is 1. The highest BCUT2D eigenvalue weighted by atomic mass is 35.5. The van der Waals surface area contributed by atoms with Gasteiger partial charge in [-0.15, -0.1) is 0 Å². The fraction of sp³-hybridized carbons (Fsp3) is 0.733. The highest BCUT2D eigenvalue weighted by molar-refractivity contribution is 6.30. The van der Waals surface area contributed by atoms with Crippen LogP contribution in [0.5, 0.6) is 0 Å². The number of piperidine rings is 1. The first-order valence-corrected chi connectivity index (χ1v) is 14.7. The maximum atomic E-state index is 13.9. The second-order valence-corrected chi connectivity index (χ2v) is 12.5. The molecule has 1 spiro atoms. The minimum Gasteiger partial charge on any atom is -0.379 e. The monoisotopic (exact) mass is 533 g/mol. The third kappa shape index (κ3) is 9.56. The number of hydrogen-bond acceptors (Lipinski definition) is 4. The third-order valence-electron chi connectivity index (χ3n) is 7.78. The van der Waals surface area contributed by atoms with Gasteiger partial charge in [-0.1, -0.05) is 64.3 Å². The summed E-state index contributed by atoms with van der Waals surface area (Å²) in [5, 5.41) is 7.20. The van der Waals surface area contributed by atoms with Crippen LogP contribution in [0.4, 0.5) is 0 Å². The van der Waals surface area contributed by atoms with Crippen molar-refractivity contribution in [1.82, 2.24) is 15.5 Å². The van der Waals surface area contributed by atoms with E-state index in [9.17, 15) is 9.59 Å². The van der Waals surface area contributed by atoms with Gasteiger partial charge in [-0.05, 0) is 81.1 Å². The van der Waals surface area contributed by atoms with E-state index in [0.717, 1.165) is 69.6 Å². The molecule has 6 nitrogen and oxygen atoms in total. The van der Waals surface area contributed by atoms with Gasteiger partial charge in [-0.3, -0.25) is 14.5 Å². The van der Waals surface area contributed by atoms with Crippen molar-refractivity contribution in [3.63, 3.8) is 0 Å². The molecule has 0 saturated carbocycles. The smallest absolute Gasteiger partial charge is 0.242 e. The van der Waals surface area contributed by atoms with Crippen molar-refractivity contribution in [3.8, 4) is 0 Å². The van der Waals surface area contributed by atoms with Crippen molar-refractivity contribution >= 4 is 23.4 Å². The van der Waals surface area contributed by atoms with E-state index in [-0.39, 0.29) is 17.9 Å². The van der Waals surface area contributed by atoms with E-state index < -0.39 is 11.5 Å². The maximum Gasteiger partial charge on any atom is 0.242 e. The number of nitrogens with one attached hydrogen (secondary N) is 2. The normalized spacial score (nSPS) is 24.6. The van der Waals surface area contributed by atoms with Crippen LogP contribution in [0.2, 0.25) is 5.02 Å². The summed E-state index contributed by atoms with van der Waals surface area (Å²) >= 11 is 6.19. The molecule has 0 radical (unpaired) electrons. The molecular weight excluding hydrogens is 486 g/mol. The number of carbonyl (C=O) groups is 2. The fourth-order valence-electron chi connectivity index (χ4n) is 5.75. The van der Waals surface area contributed by atoms with E-state index in [2.05, 4.69) is 49.3 Å². The van der Waals surface area contributed by atoms with Gasteiger partial charge in [-0.2, -0.15) is 0 Å². The molecule has 37 heavy (non-hydrogen) atoms. The summed E-state index contributed by atoms with van der Waals surface area (Å²) in [6.45, 7) is 12.3. The van der Waals surface area contributed by atoms with Crippen LogP contribution >= 0.6 is 11.6 Å². The lowest BCUT2D eigenvalue weighted by Gasteiger charge is -2.42. The molecule has 2 saturated heterocycles. The van der Waals surface area contributed by atoms with Crippen molar-refractivity contribution in [2.45, 2.75) is 97.7 Å². The Bertz CT molecular complexity index is 867. The largest absolute Gasteiger partial charge is 0.379 e. The molecular formula is C30H48ClN3O3. The van der Waals surface area contributed by atoms with Crippen LogP contribution in [0.3, 0.4) is 0 Å². The summed E-state index contributed by atoms with van der Waals surface area (Å²) < 4.78 is 5.98. The fourth-order valence-corrected chi connectivity index (χ4v) is 5.96. The molecule has 2 heterocycles. The Morgan fingerprint density at radius 1 is 1.00 bits per heavy atom. The Morgan fingerprint density at radius 2 is 1.73 bits per heavy atom. The summed E-state index contributed by atoms with van der Waals surface area (Å²) in [6, 6.07) is 7.45. The van der Waals surface area contributed by atoms with Crippen LogP contribution in [-0.2, 0) is 20.9 Å². The highest BCUT2D eigenvalue weighted by Gasteiger charge is 2.42. The average Bonchev–Trinajstić information content (AvgIpc) is 2.83. The Kier molecular flexibility index (Phi) is 11.7. The minimum atomic E-state index is -0.522. The van der Waals surface area contributed by atoms with Crippen LogP contribution in [0, 0.1) is 17.3 Å². The summed E-state index contributed by atoms with van der Waals surface area (Å²) in [7, 11) is 0. The zero-order valence-electron chi connectivity index (χ0n) is 23.4. The van der Waals surface area contributed by atoms with E-state index in [1.165, 1.54) is 5.56 Å². The molecule has 1 aromatic carbocycles. The first-order chi connectivity index (χ1) is 17.7. The van der Waals surface area contributed by atoms with Crippen molar-refractivity contribution in [1.29, 1.82) is 0 Å². The van der Waals surface area contributed by atoms with E-state index in [0.29, 0.717) is 31.5 Å². The van der Waals surface area contributed by atoms with Crippen molar-refractivity contribution in [2.24, 2.45) is 17.3 Å². The number of halogens is 1. The molecule has 0 aromatic heterocycles. The lowest BCUT2D eigenvalue weighted by atomic mass is 9.73. The molecule has 1 aromatic rings. The SMILES string of the molecule is CC(C)C[C@H]1COCCCCCC2(CCN(Cc3cccc(Cl)c3)CC2)C(=O)N[C@@H](CC(C)C)C(=O)N1. The van der Waals surface area contributed by atoms with Gasteiger partial charge >= 0.3 is 0 Å². The Balaban J connectivity index is 1.73. The Morgan fingerprint density at radius 3 is 2.41 bits per heavy atom. The van der Waals surface area contributed by atoms with Crippen LogP contribution in [0.1, 0.15) is 84.6 Å². The second kappa shape index (κ2) is 14.5. The number of benzene rings is 1. The van der Waals surface area contributed by atoms with Gasteiger partial charge in [0.1, 0.15) is 6.04 Å². The molecule has 2 aliphatic rings. The Labute approximate surface area is 229 Å². The molecule has 7 heteroatoms. The van der Waals surface area contributed by atoms with Gasteiger partial charge in [0.05, 0.1) is 18.1 Å². The van der Waals surface area contributed by atoms with Crippen LogP contribution < -0.4 is 10.6 Å². The summed E-state index contributed by atoms with van der Waals surface area (Å²) in [5.41, 5.74) is 0.770. The first-order valence-electron chi connectivity index (χ1n) is 14.3. The average molecular weight is 534 g/mol. The summed E-state index contributed by atoms with van der Waals surface area (Å²) in [6.07, 6.45) is 7.00. The predicted octanol–water partition coefficient (Wildman–Crippen LogP) is 5.57.